The van der Waals surface area contributed by atoms with E-state index in [1.54, 1.807) is 6.92 Å². The van der Waals surface area contributed by atoms with Crippen LogP contribution in [0, 0.1) is 5.92 Å². The van der Waals surface area contributed by atoms with Crippen molar-refractivity contribution in [2.75, 3.05) is 13.2 Å². The first-order valence-electron chi connectivity index (χ1n) is 7.75. The highest BCUT2D eigenvalue weighted by molar-refractivity contribution is 5.69. The normalized spacial score (nSPS) is 11.5. The zero-order valence-electron chi connectivity index (χ0n) is 13.3. The first kappa shape index (κ1) is 18.0. The van der Waals surface area contributed by atoms with Crippen LogP contribution in [-0.2, 0) is 20.9 Å². The molecular formula is C17H25NO4. The van der Waals surface area contributed by atoms with E-state index in [0.717, 1.165) is 18.4 Å². The van der Waals surface area contributed by atoms with Gasteiger partial charge < -0.3 is 14.8 Å². The summed E-state index contributed by atoms with van der Waals surface area (Å²) in [6.45, 7) is 4.97. The highest BCUT2D eigenvalue weighted by Gasteiger charge is 2.13. The fraction of sp³-hybridized carbons (Fsp3) is 0.529. The van der Waals surface area contributed by atoms with Crippen molar-refractivity contribution < 1.29 is 19.1 Å². The Morgan fingerprint density at radius 1 is 1.14 bits per heavy atom. The maximum absolute atomic E-state index is 11.6. The quantitative estimate of drug-likeness (QED) is 0.711. The van der Waals surface area contributed by atoms with E-state index in [1.807, 2.05) is 37.3 Å². The number of ether oxygens (including phenoxy) is 2. The molecule has 1 unspecified atom stereocenters. The smallest absolute Gasteiger partial charge is 0.407 e. The largest absolute Gasteiger partial charge is 0.466 e. The number of carbonyl (C=O) groups is 2. The summed E-state index contributed by atoms with van der Waals surface area (Å²) in [4.78, 5) is 23.0. The fourth-order valence-electron chi connectivity index (χ4n) is 2.06. The summed E-state index contributed by atoms with van der Waals surface area (Å²) in [6, 6.07) is 9.52. The number of rotatable bonds is 9. The molecule has 0 saturated heterocycles. The molecule has 0 aromatic heterocycles. The first-order valence-corrected chi connectivity index (χ1v) is 7.75. The highest BCUT2D eigenvalue weighted by atomic mass is 16.5. The lowest BCUT2D eigenvalue weighted by molar-refractivity contribution is -0.144. The van der Waals surface area contributed by atoms with Gasteiger partial charge in [0.25, 0.3) is 0 Å². The molecule has 1 amide bonds. The van der Waals surface area contributed by atoms with E-state index >= 15 is 0 Å². The number of nitrogens with one attached hydrogen (secondary N) is 1. The van der Waals surface area contributed by atoms with E-state index in [2.05, 4.69) is 5.32 Å². The molecule has 0 bridgehead atoms. The van der Waals surface area contributed by atoms with Crippen LogP contribution in [0.1, 0.15) is 38.7 Å². The molecule has 0 aliphatic heterocycles. The molecule has 0 heterocycles. The average Bonchev–Trinajstić information content (AvgIpc) is 2.53. The summed E-state index contributed by atoms with van der Waals surface area (Å²) in [7, 11) is 0. The molecule has 0 aliphatic carbocycles. The van der Waals surface area contributed by atoms with Gasteiger partial charge >= 0.3 is 12.1 Å². The number of amides is 1. The van der Waals surface area contributed by atoms with Gasteiger partial charge in [-0.1, -0.05) is 43.7 Å². The Labute approximate surface area is 132 Å². The molecule has 0 radical (unpaired) electrons. The second-order valence-corrected chi connectivity index (χ2v) is 5.06. The zero-order valence-corrected chi connectivity index (χ0v) is 13.3. The Hall–Kier alpha value is -2.04. The van der Waals surface area contributed by atoms with Gasteiger partial charge in [0.15, 0.2) is 0 Å². The minimum absolute atomic E-state index is 0.180. The van der Waals surface area contributed by atoms with Gasteiger partial charge in [-0.25, -0.2) is 4.79 Å². The van der Waals surface area contributed by atoms with E-state index in [0.29, 0.717) is 19.6 Å². The maximum Gasteiger partial charge on any atom is 0.407 e. The van der Waals surface area contributed by atoms with E-state index in [1.165, 1.54) is 0 Å². The Kier molecular flexibility index (Phi) is 8.72. The zero-order chi connectivity index (χ0) is 16.2. The lowest BCUT2D eigenvalue weighted by atomic mass is 9.99. The average molecular weight is 307 g/mol. The molecule has 5 heteroatoms. The molecule has 0 fully saturated rings. The lowest BCUT2D eigenvalue weighted by Gasteiger charge is -2.14. The molecule has 1 aromatic rings. The molecule has 1 N–H and O–H groups in total. The van der Waals surface area contributed by atoms with Gasteiger partial charge in [0, 0.05) is 13.0 Å². The molecule has 0 spiro atoms. The van der Waals surface area contributed by atoms with Crippen LogP contribution in [0.4, 0.5) is 4.79 Å². The summed E-state index contributed by atoms with van der Waals surface area (Å²) in [5.41, 5.74) is 0.950. The fourth-order valence-corrected chi connectivity index (χ4v) is 2.06. The summed E-state index contributed by atoms with van der Waals surface area (Å²) in [5.74, 6) is 0.0366. The molecule has 122 valence electrons. The molecule has 5 nitrogen and oxygen atoms in total. The van der Waals surface area contributed by atoms with Crippen LogP contribution >= 0.6 is 0 Å². The number of carbonyl (C=O) groups excluding carboxylic acids is 2. The topological polar surface area (TPSA) is 64.6 Å². The van der Waals surface area contributed by atoms with Crippen molar-refractivity contribution in [2.45, 2.75) is 39.7 Å². The maximum atomic E-state index is 11.6. The Morgan fingerprint density at radius 2 is 1.86 bits per heavy atom. The molecule has 0 aliphatic rings. The van der Waals surface area contributed by atoms with Crippen LogP contribution in [0.15, 0.2) is 30.3 Å². The second kappa shape index (κ2) is 10.7. The van der Waals surface area contributed by atoms with Gasteiger partial charge in [-0.15, -0.1) is 0 Å². The number of esters is 1. The van der Waals surface area contributed by atoms with Crippen molar-refractivity contribution in [3.63, 3.8) is 0 Å². The van der Waals surface area contributed by atoms with Crippen molar-refractivity contribution in [2.24, 2.45) is 5.92 Å². The molecule has 0 saturated carbocycles. The third-order valence-electron chi connectivity index (χ3n) is 3.37. The van der Waals surface area contributed by atoms with Gasteiger partial charge in [-0.3, -0.25) is 4.79 Å². The highest BCUT2D eigenvalue weighted by Crippen LogP contribution is 2.13. The van der Waals surface area contributed by atoms with E-state index < -0.39 is 6.09 Å². The molecular weight excluding hydrogens is 282 g/mol. The summed E-state index contributed by atoms with van der Waals surface area (Å²) in [5, 5.41) is 2.71. The van der Waals surface area contributed by atoms with Gasteiger partial charge in [0.2, 0.25) is 0 Å². The van der Waals surface area contributed by atoms with Crippen molar-refractivity contribution in [3.8, 4) is 0 Å². The van der Waals surface area contributed by atoms with Crippen LogP contribution in [0.2, 0.25) is 0 Å². The Bertz CT molecular complexity index is 447. The third kappa shape index (κ3) is 7.67. The van der Waals surface area contributed by atoms with E-state index in [-0.39, 0.29) is 18.5 Å². The van der Waals surface area contributed by atoms with Crippen molar-refractivity contribution >= 4 is 12.1 Å². The number of hydrogen-bond donors (Lipinski definition) is 1. The van der Waals surface area contributed by atoms with Gasteiger partial charge in [-0.2, -0.15) is 0 Å². The second-order valence-electron chi connectivity index (χ2n) is 5.06. The van der Waals surface area contributed by atoms with E-state index in [4.69, 9.17) is 9.47 Å². The monoisotopic (exact) mass is 307 g/mol. The van der Waals surface area contributed by atoms with Crippen LogP contribution in [-0.4, -0.2) is 25.2 Å². The Morgan fingerprint density at radius 3 is 2.50 bits per heavy atom. The summed E-state index contributed by atoms with van der Waals surface area (Å²) in [6.07, 6.45) is 1.57. The predicted molar refractivity (Wildman–Crippen MR) is 84.3 cm³/mol. The van der Waals surface area contributed by atoms with Crippen molar-refractivity contribution in [1.29, 1.82) is 0 Å². The van der Waals surface area contributed by atoms with Crippen LogP contribution < -0.4 is 5.32 Å². The molecule has 1 atom stereocenters. The molecule has 1 rings (SSSR count). The summed E-state index contributed by atoms with van der Waals surface area (Å²) < 4.78 is 10.1. The minimum Gasteiger partial charge on any atom is -0.466 e. The SMILES string of the molecule is CCOC(=O)CC(CC)CCNC(=O)OCc1ccccc1. The number of benzene rings is 1. The van der Waals surface area contributed by atoms with Gasteiger partial charge in [0.05, 0.1) is 6.61 Å². The van der Waals surface area contributed by atoms with Crippen LogP contribution in [0.3, 0.4) is 0 Å². The lowest BCUT2D eigenvalue weighted by Crippen LogP contribution is -2.27. The van der Waals surface area contributed by atoms with Gasteiger partial charge in [0.1, 0.15) is 6.61 Å². The molecule has 22 heavy (non-hydrogen) atoms. The van der Waals surface area contributed by atoms with Crippen LogP contribution in [0.5, 0.6) is 0 Å². The van der Waals surface area contributed by atoms with Crippen molar-refractivity contribution in [3.05, 3.63) is 35.9 Å². The number of hydrogen-bond acceptors (Lipinski definition) is 4. The number of alkyl carbamates (subject to hydrolysis) is 1. The molecule has 1 aromatic carbocycles. The van der Waals surface area contributed by atoms with Gasteiger partial charge in [-0.05, 0) is 24.8 Å². The van der Waals surface area contributed by atoms with E-state index in [9.17, 15) is 9.59 Å². The van der Waals surface area contributed by atoms with Crippen LogP contribution in [0.25, 0.3) is 0 Å². The third-order valence-corrected chi connectivity index (χ3v) is 3.37. The predicted octanol–water partition coefficient (Wildman–Crippen LogP) is 3.28. The first-order chi connectivity index (χ1) is 10.7. The standard InChI is InChI=1S/C17H25NO4/c1-3-14(12-16(19)21-4-2)10-11-18-17(20)22-13-15-8-6-5-7-9-15/h5-9,14H,3-4,10-13H2,1-2H3,(H,18,20). The summed E-state index contributed by atoms with van der Waals surface area (Å²) >= 11 is 0. The Balaban J connectivity index is 2.18. The van der Waals surface area contributed by atoms with Crippen molar-refractivity contribution in [1.82, 2.24) is 5.32 Å². The minimum atomic E-state index is -0.435.